The SMILES string of the molecule is CS(=O)(=O)N(CCCC(=O)Nc1ccc2c(c1)oc1ccccc12)c1ccc(Oc2ccccc2)cc1. The third kappa shape index (κ3) is 5.76. The number of benzene rings is 4. The van der Waals surface area contributed by atoms with Crippen LogP contribution in [0.1, 0.15) is 12.8 Å². The summed E-state index contributed by atoms with van der Waals surface area (Å²) >= 11 is 0. The number of nitrogens with zero attached hydrogens (tertiary/aromatic N) is 1. The molecule has 0 aliphatic carbocycles. The molecule has 0 bridgehead atoms. The van der Waals surface area contributed by atoms with E-state index < -0.39 is 10.0 Å². The lowest BCUT2D eigenvalue weighted by atomic mass is 10.1. The summed E-state index contributed by atoms with van der Waals surface area (Å²) in [6, 6.07) is 29.5. The Labute approximate surface area is 215 Å². The van der Waals surface area contributed by atoms with Crippen molar-refractivity contribution in [3.63, 3.8) is 0 Å². The van der Waals surface area contributed by atoms with Gasteiger partial charge in [-0.25, -0.2) is 8.42 Å². The van der Waals surface area contributed by atoms with Gasteiger partial charge in [0.1, 0.15) is 22.7 Å². The van der Waals surface area contributed by atoms with Crippen LogP contribution in [-0.2, 0) is 14.8 Å². The monoisotopic (exact) mass is 514 g/mol. The number of para-hydroxylation sites is 2. The van der Waals surface area contributed by atoms with Crippen LogP contribution in [0.3, 0.4) is 0 Å². The summed E-state index contributed by atoms with van der Waals surface area (Å²) in [7, 11) is -3.54. The lowest BCUT2D eigenvalue weighted by molar-refractivity contribution is -0.116. The maximum Gasteiger partial charge on any atom is 0.232 e. The molecule has 5 rings (SSSR count). The van der Waals surface area contributed by atoms with Crippen LogP contribution in [0.25, 0.3) is 21.9 Å². The molecule has 0 radical (unpaired) electrons. The van der Waals surface area contributed by atoms with Crippen molar-refractivity contribution in [1.29, 1.82) is 0 Å². The van der Waals surface area contributed by atoms with Crippen LogP contribution < -0.4 is 14.4 Å². The highest BCUT2D eigenvalue weighted by molar-refractivity contribution is 7.92. The van der Waals surface area contributed by atoms with Crippen LogP contribution in [0, 0.1) is 0 Å². The topological polar surface area (TPSA) is 88.9 Å². The summed E-state index contributed by atoms with van der Waals surface area (Å²) in [6.07, 6.45) is 1.68. The minimum absolute atomic E-state index is 0.166. The van der Waals surface area contributed by atoms with Gasteiger partial charge in [0.15, 0.2) is 0 Å². The Morgan fingerprint density at radius 2 is 1.51 bits per heavy atom. The summed E-state index contributed by atoms with van der Waals surface area (Å²) in [4.78, 5) is 12.6. The number of rotatable bonds is 9. The minimum atomic E-state index is -3.54. The first-order chi connectivity index (χ1) is 17.9. The fourth-order valence-electron chi connectivity index (χ4n) is 4.20. The van der Waals surface area contributed by atoms with Gasteiger partial charge in [-0.1, -0.05) is 36.4 Å². The van der Waals surface area contributed by atoms with E-state index in [0.29, 0.717) is 34.9 Å². The van der Waals surface area contributed by atoms with Gasteiger partial charge in [-0.15, -0.1) is 0 Å². The number of amides is 1. The summed E-state index contributed by atoms with van der Waals surface area (Å²) in [5.74, 6) is 1.10. The molecule has 188 valence electrons. The first-order valence-electron chi connectivity index (χ1n) is 11.9. The second-order valence-corrected chi connectivity index (χ2v) is 10.6. The van der Waals surface area contributed by atoms with Gasteiger partial charge in [-0.3, -0.25) is 9.10 Å². The number of hydrogen-bond donors (Lipinski definition) is 1. The predicted octanol–water partition coefficient (Wildman–Crippen LogP) is 6.56. The van der Waals surface area contributed by atoms with Crippen molar-refractivity contribution in [3.05, 3.63) is 97.1 Å². The molecule has 0 aliphatic heterocycles. The van der Waals surface area contributed by atoms with Crippen LogP contribution in [-0.4, -0.2) is 27.1 Å². The minimum Gasteiger partial charge on any atom is -0.457 e. The fraction of sp³-hybridized carbons (Fsp3) is 0.138. The predicted molar refractivity (Wildman–Crippen MR) is 147 cm³/mol. The molecule has 0 spiro atoms. The van der Waals surface area contributed by atoms with Gasteiger partial charge in [-0.05, 0) is 61.0 Å². The van der Waals surface area contributed by atoms with Gasteiger partial charge in [-0.2, -0.15) is 0 Å². The van der Waals surface area contributed by atoms with E-state index in [-0.39, 0.29) is 18.9 Å². The van der Waals surface area contributed by atoms with E-state index in [2.05, 4.69) is 5.32 Å². The summed E-state index contributed by atoms with van der Waals surface area (Å²) in [6.45, 7) is 0.174. The molecule has 5 aromatic rings. The van der Waals surface area contributed by atoms with E-state index in [9.17, 15) is 13.2 Å². The van der Waals surface area contributed by atoms with E-state index in [1.807, 2.05) is 66.7 Å². The molecular formula is C29H26N2O5S. The molecule has 4 aromatic carbocycles. The van der Waals surface area contributed by atoms with Crippen molar-refractivity contribution < 1.29 is 22.4 Å². The highest BCUT2D eigenvalue weighted by Crippen LogP contribution is 2.30. The number of fused-ring (bicyclic) bond motifs is 3. The first-order valence-corrected chi connectivity index (χ1v) is 13.7. The number of carbonyl (C=O) groups excluding carboxylic acids is 1. The van der Waals surface area contributed by atoms with Gasteiger partial charge < -0.3 is 14.5 Å². The zero-order chi connectivity index (χ0) is 25.8. The van der Waals surface area contributed by atoms with Crippen molar-refractivity contribution in [2.24, 2.45) is 0 Å². The highest BCUT2D eigenvalue weighted by Gasteiger charge is 2.18. The molecule has 1 heterocycles. The van der Waals surface area contributed by atoms with Crippen molar-refractivity contribution in [2.75, 3.05) is 22.4 Å². The van der Waals surface area contributed by atoms with E-state index in [4.69, 9.17) is 9.15 Å². The van der Waals surface area contributed by atoms with Crippen LogP contribution >= 0.6 is 0 Å². The molecule has 7 nitrogen and oxygen atoms in total. The fourth-order valence-corrected chi connectivity index (χ4v) is 5.17. The molecule has 37 heavy (non-hydrogen) atoms. The number of furan rings is 1. The van der Waals surface area contributed by atoms with Crippen molar-refractivity contribution in [2.45, 2.75) is 12.8 Å². The van der Waals surface area contributed by atoms with Crippen LogP contribution in [0.5, 0.6) is 11.5 Å². The Morgan fingerprint density at radius 3 is 2.27 bits per heavy atom. The first kappa shape index (κ1) is 24.4. The number of sulfonamides is 1. The highest BCUT2D eigenvalue weighted by atomic mass is 32.2. The van der Waals surface area contributed by atoms with Crippen molar-refractivity contribution in [3.8, 4) is 11.5 Å². The quantitative estimate of drug-likeness (QED) is 0.241. The van der Waals surface area contributed by atoms with E-state index in [1.54, 1.807) is 30.3 Å². The Morgan fingerprint density at radius 1 is 0.838 bits per heavy atom. The molecule has 8 heteroatoms. The zero-order valence-electron chi connectivity index (χ0n) is 20.3. The second kappa shape index (κ2) is 10.4. The largest absolute Gasteiger partial charge is 0.457 e. The summed E-state index contributed by atoms with van der Waals surface area (Å²) in [5.41, 5.74) is 2.63. The Balaban J connectivity index is 1.20. The average molecular weight is 515 g/mol. The molecule has 1 amide bonds. The molecule has 0 saturated carbocycles. The van der Waals surface area contributed by atoms with Gasteiger partial charge in [0, 0.05) is 35.5 Å². The summed E-state index contributed by atoms with van der Waals surface area (Å²) in [5, 5.41) is 4.89. The van der Waals surface area contributed by atoms with Crippen LogP contribution in [0.4, 0.5) is 11.4 Å². The standard InChI is InChI=1S/C29H26N2O5S/c1-37(33,34)31(22-14-16-24(17-15-22)35-23-8-3-2-4-9-23)19-7-12-29(32)30-21-13-18-26-25-10-5-6-11-27(25)36-28(26)20-21/h2-6,8-11,13-18,20H,7,12,19H2,1H3,(H,30,32). The molecule has 0 fully saturated rings. The molecule has 0 unspecified atom stereocenters. The zero-order valence-corrected chi connectivity index (χ0v) is 21.1. The molecule has 0 aliphatic rings. The average Bonchev–Trinajstić information content (AvgIpc) is 3.25. The van der Waals surface area contributed by atoms with Gasteiger partial charge in [0.05, 0.1) is 11.9 Å². The Bertz CT molecular complexity index is 1640. The lowest BCUT2D eigenvalue weighted by Gasteiger charge is -2.22. The van der Waals surface area contributed by atoms with Crippen molar-refractivity contribution >= 4 is 49.2 Å². The van der Waals surface area contributed by atoms with Crippen LogP contribution in [0.15, 0.2) is 101 Å². The molecule has 1 N–H and O–H groups in total. The van der Waals surface area contributed by atoms with Gasteiger partial charge >= 0.3 is 0 Å². The molecule has 0 atom stereocenters. The number of hydrogen-bond acceptors (Lipinski definition) is 5. The third-order valence-corrected chi connectivity index (χ3v) is 7.13. The van der Waals surface area contributed by atoms with Crippen LogP contribution in [0.2, 0.25) is 0 Å². The molecule has 0 saturated heterocycles. The molecule has 1 aromatic heterocycles. The molecular weight excluding hydrogens is 488 g/mol. The maximum atomic E-state index is 12.6. The normalized spacial score (nSPS) is 11.5. The van der Waals surface area contributed by atoms with Gasteiger partial charge in [0.25, 0.3) is 0 Å². The smallest absolute Gasteiger partial charge is 0.232 e. The van der Waals surface area contributed by atoms with E-state index >= 15 is 0 Å². The Hall–Kier alpha value is -4.30. The third-order valence-electron chi connectivity index (χ3n) is 5.93. The van der Waals surface area contributed by atoms with E-state index in [0.717, 1.165) is 22.6 Å². The van der Waals surface area contributed by atoms with Crippen molar-refractivity contribution in [1.82, 2.24) is 0 Å². The Kier molecular flexibility index (Phi) is 6.83. The number of carbonyl (C=O) groups is 1. The van der Waals surface area contributed by atoms with Gasteiger partial charge in [0.2, 0.25) is 15.9 Å². The number of anilines is 2. The second-order valence-electron chi connectivity index (χ2n) is 8.71. The summed E-state index contributed by atoms with van der Waals surface area (Å²) < 4.78 is 37.9. The van der Waals surface area contributed by atoms with E-state index in [1.165, 1.54) is 4.31 Å². The lowest BCUT2D eigenvalue weighted by Crippen LogP contribution is -2.31. The number of nitrogens with one attached hydrogen (secondary N) is 1. The maximum absolute atomic E-state index is 12.6. The number of ether oxygens (including phenoxy) is 1.